The fraction of sp³-hybridized carbons (Fsp3) is 0.333. The van der Waals surface area contributed by atoms with E-state index in [0.29, 0.717) is 19.0 Å². The molecule has 1 amide bonds. The molecule has 1 fully saturated rings. The van der Waals surface area contributed by atoms with Crippen LogP contribution in [0.2, 0.25) is 0 Å². The monoisotopic (exact) mass is 388 g/mol. The molecule has 0 saturated carbocycles. The van der Waals surface area contributed by atoms with Gasteiger partial charge in [0.15, 0.2) is 0 Å². The number of likely N-dealkylation sites (tertiary alicyclic amines) is 1. The topological polar surface area (TPSA) is 50.2 Å². The normalized spacial score (nSPS) is 15.3. The van der Waals surface area contributed by atoms with Gasteiger partial charge in [0, 0.05) is 12.7 Å². The van der Waals surface area contributed by atoms with E-state index in [2.05, 4.69) is 45.6 Å². The number of carbonyl (C=O) groups excluding carboxylic acids is 1. The highest BCUT2D eigenvalue weighted by atomic mass is 16.2. The average Bonchev–Trinajstić information content (AvgIpc) is 3.24. The summed E-state index contributed by atoms with van der Waals surface area (Å²) in [6.45, 7) is 3.10. The maximum absolute atomic E-state index is 12.3. The molecule has 5 nitrogen and oxygen atoms in total. The Morgan fingerprint density at radius 2 is 1.69 bits per heavy atom. The molecule has 150 valence electrons. The molecule has 1 aromatic heterocycles. The summed E-state index contributed by atoms with van der Waals surface area (Å²) in [5, 5.41) is 7.46. The SMILES string of the molecule is O=C(CN1CCC(c2ccccc2)CC1)NCCc1cnn(-c2ccccc2)c1. The molecular formula is C24H28N4O. The van der Waals surface area contributed by atoms with Gasteiger partial charge in [0.2, 0.25) is 5.91 Å². The Bertz CT molecular complexity index is 899. The number of para-hydroxylation sites is 1. The lowest BCUT2D eigenvalue weighted by Crippen LogP contribution is -2.41. The van der Waals surface area contributed by atoms with Crippen LogP contribution < -0.4 is 5.32 Å². The Labute approximate surface area is 172 Å². The molecule has 4 rings (SSSR count). The van der Waals surface area contributed by atoms with Gasteiger partial charge in [-0.25, -0.2) is 4.68 Å². The van der Waals surface area contributed by atoms with Crippen LogP contribution in [0.4, 0.5) is 0 Å². The number of rotatable bonds is 7. The van der Waals surface area contributed by atoms with Gasteiger partial charge < -0.3 is 5.32 Å². The van der Waals surface area contributed by atoms with E-state index in [-0.39, 0.29) is 5.91 Å². The molecular weight excluding hydrogens is 360 g/mol. The second-order valence-electron chi connectivity index (χ2n) is 7.69. The molecule has 0 bridgehead atoms. The Morgan fingerprint density at radius 3 is 2.41 bits per heavy atom. The standard InChI is InChI=1S/C24H28N4O/c29-24(19-27-15-12-22(13-16-27)21-7-3-1-4-8-21)25-14-11-20-17-26-28(18-20)23-9-5-2-6-10-23/h1-10,17-18,22H,11-16,19H2,(H,25,29). The van der Waals surface area contributed by atoms with Gasteiger partial charge in [-0.1, -0.05) is 48.5 Å². The lowest BCUT2D eigenvalue weighted by molar-refractivity contribution is -0.122. The molecule has 2 aromatic carbocycles. The summed E-state index contributed by atoms with van der Waals surface area (Å²) in [5.41, 5.74) is 3.59. The number of hydrogen-bond acceptors (Lipinski definition) is 3. The maximum Gasteiger partial charge on any atom is 0.234 e. The van der Waals surface area contributed by atoms with Crippen molar-refractivity contribution in [3.8, 4) is 5.69 Å². The first-order valence-corrected chi connectivity index (χ1v) is 10.4. The van der Waals surface area contributed by atoms with Crippen molar-refractivity contribution in [1.29, 1.82) is 0 Å². The van der Waals surface area contributed by atoms with Crippen molar-refractivity contribution in [2.45, 2.75) is 25.2 Å². The molecule has 1 aliphatic rings. The van der Waals surface area contributed by atoms with Gasteiger partial charge in [-0.15, -0.1) is 0 Å². The number of nitrogens with one attached hydrogen (secondary N) is 1. The van der Waals surface area contributed by atoms with Crippen molar-refractivity contribution in [1.82, 2.24) is 20.0 Å². The summed E-state index contributed by atoms with van der Waals surface area (Å²) in [5.74, 6) is 0.732. The third-order valence-corrected chi connectivity index (χ3v) is 5.62. The van der Waals surface area contributed by atoms with Crippen LogP contribution in [0.15, 0.2) is 73.1 Å². The Balaban J connectivity index is 1.17. The first-order chi connectivity index (χ1) is 14.3. The maximum atomic E-state index is 12.3. The summed E-state index contributed by atoms with van der Waals surface area (Å²) in [4.78, 5) is 14.6. The van der Waals surface area contributed by atoms with E-state index in [4.69, 9.17) is 0 Å². The molecule has 1 aliphatic heterocycles. The Morgan fingerprint density at radius 1 is 1.00 bits per heavy atom. The predicted octanol–water partition coefficient (Wildman–Crippen LogP) is 3.41. The van der Waals surface area contributed by atoms with Crippen molar-refractivity contribution in [3.05, 3.63) is 84.2 Å². The molecule has 1 saturated heterocycles. The van der Waals surface area contributed by atoms with Crippen LogP contribution in [-0.4, -0.2) is 46.8 Å². The van der Waals surface area contributed by atoms with Gasteiger partial charge in [-0.05, 0) is 61.5 Å². The van der Waals surface area contributed by atoms with Crippen LogP contribution in [-0.2, 0) is 11.2 Å². The van der Waals surface area contributed by atoms with Crippen LogP contribution in [0, 0.1) is 0 Å². The molecule has 5 heteroatoms. The highest BCUT2D eigenvalue weighted by Gasteiger charge is 2.21. The van der Waals surface area contributed by atoms with Crippen molar-refractivity contribution >= 4 is 5.91 Å². The van der Waals surface area contributed by atoms with E-state index in [0.717, 1.165) is 43.6 Å². The molecule has 0 radical (unpaired) electrons. The number of amides is 1. The summed E-state index contributed by atoms with van der Waals surface area (Å²) in [6, 6.07) is 20.8. The molecule has 0 spiro atoms. The van der Waals surface area contributed by atoms with Crippen LogP contribution in [0.3, 0.4) is 0 Å². The molecule has 2 heterocycles. The van der Waals surface area contributed by atoms with E-state index in [1.807, 2.05) is 47.4 Å². The van der Waals surface area contributed by atoms with Crippen LogP contribution in [0.1, 0.15) is 29.9 Å². The third kappa shape index (κ3) is 5.33. The van der Waals surface area contributed by atoms with Crippen molar-refractivity contribution in [2.75, 3.05) is 26.2 Å². The fourth-order valence-corrected chi connectivity index (χ4v) is 3.97. The lowest BCUT2D eigenvalue weighted by Gasteiger charge is -2.31. The second-order valence-corrected chi connectivity index (χ2v) is 7.69. The van der Waals surface area contributed by atoms with E-state index >= 15 is 0 Å². The number of hydrogen-bond donors (Lipinski definition) is 1. The van der Waals surface area contributed by atoms with Gasteiger partial charge in [0.05, 0.1) is 18.4 Å². The van der Waals surface area contributed by atoms with E-state index in [1.165, 1.54) is 5.56 Å². The quantitative estimate of drug-likeness (QED) is 0.675. The van der Waals surface area contributed by atoms with Crippen LogP contribution >= 0.6 is 0 Å². The smallest absolute Gasteiger partial charge is 0.234 e. The predicted molar refractivity (Wildman–Crippen MR) is 115 cm³/mol. The molecule has 1 N–H and O–H groups in total. The summed E-state index contributed by atoms with van der Waals surface area (Å²) in [6.07, 6.45) is 6.92. The summed E-state index contributed by atoms with van der Waals surface area (Å²) < 4.78 is 1.87. The highest BCUT2D eigenvalue weighted by molar-refractivity contribution is 5.78. The number of carbonyl (C=O) groups is 1. The zero-order chi connectivity index (χ0) is 19.9. The fourth-order valence-electron chi connectivity index (χ4n) is 3.97. The number of nitrogens with zero attached hydrogens (tertiary/aromatic N) is 3. The summed E-state index contributed by atoms with van der Waals surface area (Å²) >= 11 is 0. The molecule has 0 atom stereocenters. The van der Waals surface area contributed by atoms with Crippen LogP contribution in [0.25, 0.3) is 5.69 Å². The van der Waals surface area contributed by atoms with Gasteiger partial charge in [0.25, 0.3) is 0 Å². The Kier molecular flexibility index (Phi) is 6.37. The largest absolute Gasteiger partial charge is 0.355 e. The van der Waals surface area contributed by atoms with Crippen molar-refractivity contribution in [3.63, 3.8) is 0 Å². The first-order valence-electron chi connectivity index (χ1n) is 10.4. The minimum Gasteiger partial charge on any atom is -0.355 e. The highest BCUT2D eigenvalue weighted by Crippen LogP contribution is 2.27. The molecule has 29 heavy (non-hydrogen) atoms. The zero-order valence-electron chi connectivity index (χ0n) is 16.7. The van der Waals surface area contributed by atoms with Gasteiger partial charge in [-0.2, -0.15) is 5.10 Å². The van der Waals surface area contributed by atoms with Gasteiger partial charge in [0.1, 0.15) is 0 Å². The Hall–Kier alpha value is -2.92. The van der Waals surface area contributed by atoms with E-state index < -0.39 is 0 Å². The van der Waals surface area contributed by atoms with Crippen LogP contribution in [0.5, 0.6) is 0 Å². The third-order valence-electron chi connectivity index (χ3n) is 5.62. The average molecular weight is 389 g/mol. The molecule has 3 aromatic rings. The zero-order valence-corrected chi connectivity index (χ0v) is 16.7. The molecule has 0 aliphatic carbocycles. The summed E-state index contributed by atoms with van der Waals surface area (Å²) in [7, 11) is 0. The lowest BCUT2D eigenvalue weighted by atomic mass is 9.89. The number of piperidine rings is 1. The van der Waals surface area contributed by atoms with E-state index in [9.17, 15) is 4.79 Å². The van der Waals surface area contributed by atoms with Gasteiger partial charge >= 0.3 is 0 Å². The molecule has 0 unspecified atom stereocenters. The minimum atomic E-state index is 0.110. The second kappa shape index (κ2) is 9.52. The first kappa shape index (κ1) is 19.4. The van der Waals surface area contributed by atoms with Crippen molar-refractivity contribution < 1.29 is 4.79 Å². The number of benzene rings is 2. The van der Waals surface area contributed by atoms with Crippen molar-refractivity contribution in [2.24, 2.45) is 0 Å². The number of aromatic nitrogens is 2. The van der Waals surface area contributed by atoms with E-state index in [1.54, 1.807) is 0 Å². The minimum absolute atomic E-state index is 0.110. The van der Waals surface area contributed by atoms with Gasteiger partial charge in [-0.3, -0.25) is 9.69 Å².